The van der Waals surface area contributed by atoms with E-state index in [4.69, 9.17) is 4.74 Å². The van der Waals surface area contributed by atoms with Crippen molar-refractivity contribution in [1.82, 2.24) is 4.98 Å². The molecule has 1 aromatic carbocycles. The van der Waals surface area contributed by atoms with E-state index in [-0.39, 0.29) is 30.4 Å². The Morgan fingerprint density at radius 2 is 1.45 bits per heavy atom. The van der Waals surface area contributed by atoms with Gasteiger partial charge in [0.25, 0.3) is 0 Å². The number of hydrogen-bond donors (Lipinski definition) is 1. The molecule has 13 heteroatoms. The Kier molecular flexibility index (Phi) is 7.65. The maximum absolute atomic E-state index is 13.1. The average Bonchev–Trinajstić information content (AvgIpc) is 2.71. The summed E-state index contributed by atoms with van der Waals surface area (Å²) in [6.45, 7) is 1.20. The predicted molar refractivity (Wildman–Crippen MR) is 94.1 cm³/mol. The first-order valence-electron chi connectivity index (χ1n) is 9.11. The molecular formula is C20H15F9N2O2. The van der Waals surface area contributed by atoms with Crippen LogP contribution in [-0.4, -0.2) is 16.7 Å². The van der Waals surface area contributed by atoms with Crippen LogP contribution < -0.4 is 0 Å². The molecule has 0 spiro atoms. The van der Waals surface area contributed by atoms with Crippen molar-refractivity contribution in [1.29, 1.82) is 5.26 Å². The van der Waals surface area contributed by atoms with Crippen LogP contribution >= 0.6 is 0 Å². The Labute approximate surface area is 181 Å². The molecule has 2 rings (SSSR count). The van der Waals surface area contributed by atoms with Gasteiger partial charge in [-0.25, -0.2) is 0 Å². The third-order valence-corrected chi connectivity index (χ3v) is 4.52. The van der Waals surface area contributed by atoms with Crippen molar-refractivity contribution in [2.24, 2.45) is 5.92 Å². The molecule has 0 aliphatic rings. The van der Waals surface area contributed by atoms with Gasteiger partial charge < -0.3 is 9.84 Å². The summed E-state index contributed by atoms with van der Waals surface area (Å²) in [4.78, 5) is 3.14. The number of benzene rings is 1. The number of pyridine rings is 1. The van der Waals surface area contributed by atoms with Crippen LogP contribution in [0, 0.1) is 17.2 Å². The lowest BCUT2D eigenvalue weighted by Gasteiger charge is -2.27. The van der Waals surface area contributed by atoms with E-state index in [0.29, 0.717) is 6.07 Å². The number of alkyl halides is 9. The molecule has 1 heterocycles. The zero-order chi connectivity index (χ0) is 25.2. The van der Waals surface area contributed by atoms with Gasteiger partial charge in [-0.15, -0.1) is 0 Å². The van der Waals surface area contributed by atoms with Gasteiger partial charge in [-0.3, -0.25) is 4.98 Å². The second-order valence-electron chi connectivity index (χ2n) is 6.79. The fourth-order valence-electron chi connectivity index (χ4n) is 3.03. The van der Waals surface area contributed by atoms with Gasteiger partial charge in [0.05, 0.1) is 23.3 Å². The van der Waals surface area contributed by atoms with Gasteiger partial charge in [0.1, 0.15) is 17.7 Å². The van der Waals surface area contributed by atoms with Gasteiger partial charge in [-0.2, -0.15) is 44.8 Å². The maximum atomic E-state index is 13.1. The first-order valence-corrected chi connectivity index (χ1v) is 9.11. The molecule has 0 amide bonds. The van der Waals surface area contributed by atoms with Crippen molar-refractivity contribution in [3.05, 3.63) is 64.5 Å². The van der Waals surface area contributed by atoms with Crippen molar-refractivity contribution >= 4 is 0 Å². The number of nitriles is 1. The topological polar surface area (TPSA) is 66.1 Å². The maximum Gasteiger partial charge on any atom is 0.433 e. The second-order valence-corrected chi connectivity index (χ2v) is 6.79. The summed E-state index contributed by atoms with van der Waals surface area (Å²) in [5, 5.41) is 20.1. The van der Waals surface area contributed by atoms with Gasteiger partial charge in [0.15, 0.2) is 0 Å². The number of ether oxygens (including phenoxy) is 1. The highest BCUT2D eigenvalue weighted by molar-refractivity contribution is 5.36. The van der Waals surface area contributed by atoms with E-state index in [2.05, 4.69) is 4.98 Å². The van der Waals surface area contributed by atoms with E-state index in [1.807, 2.05) is 0 Å². The highest BCUT2D eigenvalue weighted by Gasteiger charge is 2.40. The summed E-state index contributed by atoms with van der Waals surface area (Å²) in [7, 11) is 0. The molecule has 2 aromatic rings. The molecule has 0 aliphatic heterocycles. The molecule has 0 aliphatic carbocycles. The monoisotopic (exact) mass is 486 g/mol. The van der Waals surface area contributed by atoms with E-state index >= 15 is 0 Å². The minimum absolute atomic E-state index is 0.157. The van der Waals surface area contributed by atoms with E-state index in [0.717, 1.165) is 12.3 Å². The minimum atomic E-state index is -5.20. The van der Waals surface area contributed by atoms with Crippen molar-refractivity contribution in [3.8, 4) is 6.07 Å². The number of halogens is 9. The highest BCUT2D eigenvalue weighted by Crippen LogP contribution is 2.41. The minimum Gasteiger partial charge on any atom is -0.387 e. The van der Waals surface area contributed by atoms with Crippen molar-refractivity contribution in [3.63, 3.8) is 0 Å². The Morgan fingerprint density at radius 1 is 0.909 bits per heavy atom. The summed E-state index contributed by atoms with van der Waals surface area (Å²) in [6, 6.07) is 3.38. The lowest BCUT2D eigenvalue weighted by molar-refractivity contribution is -0.143. The summed E-state index contributed by atoms with van der Waals surface area (Å²) >= 11 is 0. The van der Waals surface area contributed by atoms with Crippen LogP contribution in [0.5, 0.6) is 0 Å². The summed E-state index contributed by atoms with van der Waals surface area (Å²) in [5.74, 6) is -1.86. The van der Waals surface area contributed by atoms with Gasteiger partial charge in [-0.1, -0.05) is 0 Å². The predicted octanol–water partition coefficient (Wildman–Crippen LogP) is 6.09. The molecule has 3 atom stereocenters. The third kappa shape index (κ3) is 6.35. The molecule has 4 nitrogen and oxygen atoms in total. The number of aliphatic hydroxyl groups excluding tert-OH is 1. The number of aromatic nitrogens is 1. The van der Waals surface area contributed by atoms with Crippen LogP contribution in [0.25, 0.3) is 0 Å². The zero-order valence-corrected chi connectivity index (χ0v) is 16.6. The van der Waals surface area contributed by atoms with Crippen LogP contribution in [0.2, 0.25) is 0 Å². The second kappa shape index (κ2) is 9.56. The van der Waals surface area contributed by atoms with E-state index < -0.39 is 59.0 Å². The first-order chi connectivity index (χ1) is 15.1. The Morgan fingerprint density at radius 3 is 1.88 bits per heavy atom. The number of hydrogen-bond acceptors (Lipinski definition) is 4. The number of rotatable bonds is 6. The third-order valence-electron chi connectivity index (χ3n) is 4.52. The van der Waals surface area contributed by atoms with Gasteiger partial charge in [0, 0.05) is 12.8 Å². The van der Waals surface area contributed by atoms with Crippen molar-refractivity contribution in [2.75, 3.05) is 6.61 Å². The Hall–Kier alpha value is -2.85. The highest BCUT2D eigenvalue weighted by atomic mass is 19.4. The number of nitrogens with zero attached hydrogens (tertiary/aromatic N) is 2. The molecule has 0 bridgehead atoms. The fourth-order valence-corrected chi connectivity index (χ4v) is 3.03. The first kappa shape index (κ1) is 26.4. The van der Waals surface area contributed by atoms with Crippen molar-refractivity contribution in [2.45, 2.75) is 37.7 Å². The quantitative estimate of drug-likeness (QED) is 0.502. The SMILES string of the molecule is CCOC(c1ccnc(C(F)(F)F)c1)C(C#N)[C@H](O)c1cc(C(F)(F)F)cc(C(F)(F)F)c1. The summed E-state index contributed by atoms with van der Waals surface area (Å²) in [6.07, 6.45) is -18.4. The van der Waals surface area contributed by atoms with E-state index in [1.165, 1.54) is 13.0 Å². The van der Waals surface area contributed by atoms with Crippen molar-refractivity contribution < 1.29 is 49.4 Å². The molecule has 180 valence electrons. The van der Waals surface area contributed by atoms with Crippen LogP contribution in [0.1, 0.15) is 47.1 Å². The number of aliphatic hydroxyl groups is 1. The standard InChI is InChI=1S/C20H15F9N2O2/c1-2-33-17(10-3-4-31-15(7-10)20(27,28)29)14(9-30)16(32)11-5-12(18(21,22)23)8-13(6-11)19(24,25)26/h3-8,14,16-17,32H,2H2,1H3/t14?,16-,17?/m1/s1. The summed E-state index contributed by atoms with van der Waals surface area (Å²) < 4.78 is 123. The molecule has 1 N–H and O–H groups in total. The van der Waals surface area contributed by atoms with Crippen LogP contribution in [0.3, 0.4) is 0 Å². The lowest BCUT2D eigenvalue weighted by atomic mass is 9.87. The molecule has 0 radical (unpaired) electrons. The Bertz CT molecular complexity index is 978. The summed E-state index contributed by atoms with van der Waals surface area (Å²) in [5.41, 5.74) is -6.01. The fraction of sp³-hybridized carbons (Fsp3) is 0.400. The van der Waals surface area contributed by atoms with E-state index in [9.17, 15) is 49.9 Å². The van der Waals surface area contributed by atoms with Gasteiger partial charge in [-0.05, 0) is 48.4 Å². The van der Waals surface area contributed by atoms with E-state index in [1.54, 1.807) is 0 Å². The van der Waals surface area contributed by atoms with Gasteiger partial charge >= 0.3 is 18.5 Å². The van der Waals surface area contributed by atoms with Crippen LogP contribution in [0.4, 0.5) is 39.5 Å². The molecule has 0 saturated heterocycles. The largest absolute Gasteiger partial charge is 0.433 e. The zero-order valence-electron chi connectivity index (χ0n) is 16.6. The molecule has 33 heavy (non-hydrogen) atoms. The Balaban J connectivity index is 2.60. The molecule has 0 saturated carbocycles. The molecule has 2 unspecified atom stereocenters. The van der Waals surface area contributed by atoms with Crippen LogP contribution in [-0.2, 0) is 23.3 Å². The molecular weight excluding hydrogens is 471 g/mol. The average molecular weight is 486 g/mol. The smallest absolute Gasteiger partial charge is 0.387 e. The molecule has 1 aromatic heterocycles. The lowest BCUT2D eigenvalue weighted by Crippen LogP contribution is -2.24. The van der Waals surface area contributed by atoms with Gasteiger partial charge in [0.2, 0.25) is 0 Å². The molecule has 0 fully saturated rings. The van der Waals surface area contributed by atoms with Crippen LogP contribution in [0.15, 0.2) is 36.5 Å². The normalized spacial score (nSPS) is 15.6.